The van der Waals surface area contributed by atoms with Gasteiger partial charge in [0.25, 0.3) is 0 Å². The first-order chi connectivity index (χ1) is 8.06. The number of hydrogen-bond donors (Lipinski definition) is 1. The van der Waals surface area contributed by atoms with E-state index in [-0.39, 0.29) is 6.10 Å². The quantitative estimate of drug-likeness (QED) is 0.847. The van der Waals surface area contributed by atoms with Crippen LogP contribution < -0.4 is 0 Å². The minimum atomic E-state index is -0.307. The summed E-state index contributed by atoms with van der Waals surface area (Å²) in [6, 6.07) is 4.05. The molecule has 1 aromatic heterocycles. The molecule has 17 heavy (non-hydrogen) atoms. The van der Waals surface area contributed by atoms with Crippen LogP contribution in [0.25, 0.3) is 0 Å². The van der Waals surface area contributed by atoms with Gasteiger partial charge in [0.15, 0.2) is 0 Å². The van der Waals surface area contributed by atoms with Crippen LogP contribution in [0.2, 0.25) is 0 Å². The van der Waals surface area contributed by atoms with E-state index < -0.39 is 0 Å². The lowest BCUT2D eigenvalue weighted by atomic mass is 9.78. The van der Waals surface area contributed by atoms with Crippen molar-refractivity contribution in [3.05, 3.63) is 29.1 Å². The lowest BCUT2D eigenvalue weighted by Gasteiger charge is -2.30. The number of nitrogens with zero attached hydrogens (tertiary/aromatic N) is 1. The van der Waals surface area contributed by atoms with E-state index in [4.69, 9.17) is 0 Å². The van der Waals surface area contributed by atoms with Crippen LogP contribution in [-0.2, 0) is 0 Å². The van der Waals surface area contributed by atoms with E-state index in [1.54, 1.807) is 0 Å². The molecule has 1 saturated carbocycles. The fourth-order valence-corrected chi connectivity index (χ4v) is 3.08. The van der Waals surface area contributed by atoms with E-state index in [0.717, 1.165) is 35.7 Å². The van der Waals surface area contributed by atoms with Crippen molar-refractivity contribution in [1.82, 2.24) is 4.98 Å². The average Bonchev–Trinajstić information content (AvgIpc) is 2.26. The van der Waals surface area contributed by atoms with Crippen LogP contribution in [0.3, 0.4) is 0 Å². The summed E-state index contributed by atoms with van der Waals surface area (Å²) in [4.78, 5) is 4.37. The first-order valence-electron chi connectivity index (χ1n) is 6.69. The van der Waals surface area contributed by atoms with Crippen molar-refractivity contribution >= 4 is 0 Å². The maximum Gasteiger partial charge on any atom is 0.0819 e. The second-order valence-electron chi connectivity index (χ2n) is 5.66. The molecule has 1 aliphatic rings. The third-order valence-corrected chi connectivity index (χ3v) is 3.87. The monoisotopic (exact) mass is 233 g/mol. The first kappa shape index (κ1) is 12.6. The van der Waals surface area contributed by atoms with Gasteiger partial charge in [-0.15, -0.1) is 0 Å². The SMILES string of the molecule is Cc1cc(C(O)C2CCCC(C)C2)cc(C)n1. The summed E-state index contributed by atoms with van der Waals surface area (Å²) in [5, 5.41) is 10.5. The maximum absolute atomic E-state index is 10.5. The van der Waals surface area contributed by atoms with Gasteiger partial charge in [0.05, 0.1) is 6.10 Å². The van der Waals surface area contributed by atoms with Gasteiger partial charge in [0.1, 0.15) is 0 Å². The van der Waals surface area contributed by atoms with E-state index >= 15 is 0 Å². The Morgan fingerprint density at radius 2 is 1.88 bits per heavy atom. The second kappa shape index (κ2) is 5.18. The Morgan fingerprint density at radius 3 is 2.47 bits per heavy atom. The predicted octanol–water partition coefficient (Wildman–Crippen LogP) is 3.56. The molecule has 1 fully saturated rings. The minimum Gasteiger partial charge on any atom is -0.388 e. The molecule has 0 saturated heterocycles. The van der Waals surface area contributed by atoms with Gasteiger partial charge in [0.2, 0.25) is 0 Å². The molecule has 1 N–H and O–H groups in total. The van der Waals surface area contributed by atoms with E-state index in [9.17, 15) is 5.11 Å². The zero-order valence-corrected chi connectivity index (χ0v) is 11.1. The Labute approximate surface area is 104 Å². The number of aliphatic hydroxyl groups is 1. The number of rotatable bonds is 2. The second-order valence-corrected chi connectivity index (χ2v) is 5.66. The van der Waals surface area contributed by atoms with Crippen LogP contribution in [0.1, 0.15) is 55.7 Å². The Balaban J connectivity index is 2.15. The summed E-state index contributed by atoms with van der Waals surface area (Å²) in [7, 11) is 0. The van der Waals surface area contributed by atoms with Crippen molar-refractivity contribution < 1.29 is 5.11 Å². The first-order valence-corrected chi connectivity index (χ1v) is 6.69. The highest BCUT2D eigenvalue weighted by molar-refractivity contribution is 5.23. The predicted molar refractivity (Wildman–Crippen MR) is 69.8 cm³/mol. The summed E-state index contributed by atoms with van der Waals surface area (Å²) in [5.74, 6) is 1.19. The van der Waals surface area contributed by atoms with E-state index in [0.29, 0.717) is 5.92 Å². The van der Waals surface area contributed by atoms with E-state index in [2.05, 4.69) is 11.9 Å². The number of aliphatic hydroxyl groups excluding tert-OH is 1. The highest BCUT2D eigenvalue weighted by atomic mass is 16.3. The Morgan fingerprint density at radius 1 is 1.24 bits per heavy atom. The number of pyridine rings is 1. The van der Waals surface area contributed by atoms with Crippen molar-refractivity contribution in [3.63, 3.8) is 0 Å². The lowest BCUT2D eigenvalue weighted by molar-refractivity contribution is 0.0712. The molecular formula is C15H23NO. The molecule has 94 valence electrons. The van der Waals surface area contributed by atoms with Crippen LogP contribution in [0.4, 0.5) is 0 Å². The zero-order valence-electron chi connectivity index (χ0n) is 11.1. The standard InChI is InChI=1S/C15H23NO/c1-10-5-4-6-13(7-10)15(17)14-8-11(2)16-12(3)9-14/h8-10,13,15,17H,4-7H2,1-3H3. The minimum absolute atomic E-state index is 0.307. The molecule has 2 heteroatoms. The Hall–Kier alpha value is -0.890. The van der Waals surface area contributed by atoms with Crippen LogP contribution in [-0.4, -0.2) is 10.1 Å². The van der Waals surface area contributed by atoms with Gasteiger partial charge in [-0.25, -0.2) is 0 Å². The molecule has 0 radical (unpaired) electrons. The van der Waals surface area contributed by atoms with Gasteiger partial charge in [-0.3, -0.25) is 4.98 Å². The molecule has 1 aromatic rings. The van der Waals surface area contributed by atoms with Crippen molar-refractivity contribution in [1.29, 1.82) is 0 Å². The van der Waals surface area contributed by atoms with Gasteiger partial charge in [-0.05, 0) is 56.2 Å². The van der Waals surface area contributed by atoms with Crippen molar-refractivity contribution in [2.24, 2.45) is 11.8 Å². The molecule has 0 amide bonds. The average molecular weight is 233 g/mol. The molecule has 2 nitrogen and oxygen atoms in total. The largest absolute Gasteiger partial charge is 0.388 e. The van der Waals surface area contributed by atoms with Gasteiger partial charge in [0, 0.05) is 11.4 Å². The van der Waals surface area contributed by atoms with Crippen molar-refractivity contribution in [3.8, 4) is 0 Å². The molecule has 0 bridgehead atoms. The molecule has 2 rings (SSSR count). The summed E-state index contributed by atoms with van der Waals surface area (Å²) in [5.41, 5.74) is 3.06. The number of hydrogen-bond acceptors (Lipinski definition) is 2. The molecule has 3 unspecified atom stereocenters. The topological polar surface area (TPSA) is 33.1 Å². The molecule has 1 heterocycles. The molecule has 0 aliphatic heterocycles. The Kier molecular flexibility index (Phi) is 3.82. The number of aromatic nitrogens is 1. The van der Waals surface area contributed by atoms with Gasteiger partial charge in [-0.2, -0.15) is 0 Å². The Bertz CT molecular complexity index is 368. The van der Waals surface area contributed by atoms with Gasteiger partial charge < -0.3 is 5.11 Å². The van der Waals surface area contributed by atoms with E-state index in [1.165, 1.54) is 12.8 Å². The fourth-order valence-electron chi connectivity index (χ4n) is 3.08. The summed E-state index contributed by atoms with van der Waals surface area (Å²) in [6.45, 7) is 6.28. The van der Waals surface area contributed by atoms with Gasteiger partial charge >= 0.3 is 0 Å². The van der Waals surface area contributed by atoms with Crippen LogP contribution in [0, 0.1) is 25.7 Å². The van der Waals surface area contributed by atoms with Crippen LogP contribution >= 0.6 is 0 Å². The highest BCUT2D eigenvalue weighted by Gasteiger charge is 2.26. The zero-order chi connectivity index (χ0) is 12.4. The van der Waals surface area contributed by atoms with Crippen LogP contribution in [0.15, 0.2) is 12.1 Å². The van der Waals surface area contributed by atoms with Crippen LogP contribution in [0.5, 0.6) is 0 Å². The van der Waals surface area contributed by atoms with Crippen molar-refractivity contribution in [2.75, 3.05) is 0 Å². The third kappa shape index (κ3) is 3.06. The smallest absolute Gasteiger partial charge is 0.0819 e. The molecular weight excluding hydrogens is 210 g/mol. The molecule has 3 atom stereocenters. The maximum atomic E-state index is 10.5. The molecule has 0 spiro atoms. The molecule has 0 aromatic carbocycles. The van der Waals surface area contributed by atoms with Gasteiger partial charge in [-0.1, -0.05) is 19.8 Å². The number of aryl methyl sites for hydroxylation is 2. The third-order valence-electron chi connectivity index (χ3n) is 3.87. The highest BCUT2D eigenvalue weighted by Crippen LogP contribution is 2.37. The van der Waals surface area contributed by atoms with E-state index in [1.807, 2.05) is 26.0 Å². The summed E-state index contributed by atoms with van der Waals surface area (Å²) >= 11 is 0. The fraction of sp³-hybridized carbons (Fsp3) is 0.667. The summed E-state index contributed by atoms with van der Waals surface area (Å²) < 4.78 is 0. The van der Waals surface area contributed by atoms with Crippen molar-refractivity contribution in [2.45, 2.75) is 52.6 Å². The normalized spacial score (nSPS) is 26.8. The lowest BCUT2D eigenvalue weighted by Crippen LogP contribution is -2.20. The molecule has 1 aliphatic carbocycles. The summed E-state index contributed by atoms with van der Waals surface area (Å²) in [6.07, 6.45) is 4.58.